The van der Waals surface area contributed by atoms with Crippen molar-refractivity contribution < 1.29 is 0 Å². The zero-order chi connectivity index (χ0) is 16.3. The molecule has 1 heterocycles. The van der Waals surface area contributed by atoms with Crippen LogP contribution in [-0.4, -0.2) is 36.0 Å². The number of nitrogens with one attached hydrogen (secondary N) is 2. The average molecular weight is 331 g/mol. The first-order valence-corrected chi connectivity index (χ1v) is 9.58. The highest BCUT2D eigenvalue weighted by Crippen LogP contribution is 2.16. The first-order chi connectivity index (χ1) is 11.3. The second-order valence-electron chi connectivity index (χ2n) is 5.31. The summed E-state index contributed by atoms with van der Waals surface area (Å²) in [5.41, 5.74) is 2.19. The number of fused-ring (bicyclic) bond motifs is 1. The highest BCUT2D eigenvalue weighted by atomic mass is 32.2. The van der Waals surface area contributed by atoms with Gasteiger partial charge in [-0.1, -0.05) is 24.3 Å². The van der Waals surface area contributed by atoms with E-state index in [4.69, 9.17) is 4.99 Å². The summed E-state index contributed by atoms with van der Waals surface area (Å²) in [6.07, 6.45) is 6.39. The molecule has 5 heteroatoms. The van der Waals surface area contributed by atoms with E-state index in [1.165, 1.54) is 18.6 Å². The SMILES string of the molecule is CCNC(=NCc1cccc2cccnc12)NCCCCSC. The third-order valence-corrected chi connectivity index (χ3v) is 4.23. The number of aromatic nitrogens is 1. The standard InChI is InChI=1S/C18H26N4S/c1-3-19-18(21-11-4-5-13-23-2)22-14-16-9-6-8-15-10-7-12-20-17(15)16/h6-10,12H,3-5,11,13-14H2,1-2H3,(H2,19,21,22). The van der Waals surface area contributed by atoms with Gasteiger partial charge in [0.25, 0.3) is 0 Å². The molecule has 0 aliphatic carbocycles. The number of unbranched alkanes of at least 4 members (excludes halogenated alkanes) is 1. The van der Waals surface area contributed by atoms with Gasteiger partial charge in [0.05, 0.1) is 12.1 Å². The molecule has 2 aromatic rings. The topological polar surface area (TPSA) is 49.3 Å². The van der Waals surface area contributed by atoms with E-state index >= 15 is 0 Å². The molecule has 0 saturated carbocycles. The molecule has 0 bridgehead atoms. The van der Waals surface area contributed by atoms with Gasteiger partial charge in [0.15, 0.2) is 5.96 Å². The smallest absolute Gasteiger partial charge is 0.191 e. The maximum atomic E-state index is 4.70. The zero-order valence-corrected chi connectivity index (χ0v) is 14.8. The van der Waals surface area contributed by atoms with E-state index in [1.807, 2.05) is 24.0 Å². The van der Waals surface area contributed by atoms with Gasteiger partial charge in [0.2, 0.25) is 0 Å². The minimum atomic E-state index is 0.633. The molecular weight excluding hydrogens is 304 g/mol. The van der Waals surface area contributed by atoms with Crippen LogP contribution in [0, 0.1) is 0 Å². The Bertz CT molecular complexity index is 622. The molecule has 0 atom stereocenters. The van der Waals surface area contributed by atoms with Gasteiger partial charge >= 0.3 is 0 Å². The van der Waals surface area contributed by atoms with Gasteiger partial charge in [-0.15, -0.1) is 0 Å². The van der Waals surface area contributed by atoms with Gasteiger partial charge in [-0.3, -0.25) is 4.98 Å². The van der Waals surface area contributed by atoms with Crippen molar-refractivity contribution in [3.8, 4) is 0 Å². The fraction of sp³-hybridized carbons (Fsp3) is 0.444. The Hall–Kier alpha value is -1.75. The maximum absolute atomic E-state index is 4.70. The number of pyridine rings is 1. The molecule has 4 nitrogen and oxygen atoms in total. The van der Waals surface area contributed by atoms with E-state index in [1.54, 1.807) is 0 Å². The number of aliphatic imine (C=N–C) groups is 1. The minimum Gasteiger partial charge on any atom is -0.357 e. The number of para-hydroxylation sites is 1. The van der Waals surface area contributed by atoms with Crippen molar-refractivity contribution in [2.45, 2.75) is 26.3 Å². The molecule has 1 aromatic carbocycles. The Balaban J connectivity index is 1.98. The first kappa shape index (κ1) is 17.6. The van der Waals surface area contributed by atoms with Crippen LogP contribution in [0.4, 0.5) is 0 Å². The van der Waals surface area contributed by atoms with Crippen molar-refractivity contribution in [2.24, 2.45) is 4.99 Å². The number of rotatable bonds is 8. The predicted octanol–water partition coefficient (Wildman–Crippen LogP) is 3.43. The number of benzene rings is 1. The van der Waals surface area contributed by atoms with E-state index in [2.05, 4.69) is 53.1 Å². The van der Waals surface area contributed by atoms with E-state index in [-0.39, 0.29) is 0 Å². The van der Waals surface area contributed by atoms with Crippen LogP contribution in [0.1, 0.15) is 25.3 Å². The van der Waals surface area contributed by atoms with Gasteiger partial charge in [-0.2, -0.15) is 11.8 Å². The molecule has 0 aliphatic rings. The molecule has 1 aromatic heterocycles. The van der Waals surface area contributed by atoms with Crippen LogP contribution >= 0.6 is 11.8 Å². The number of hydrogen-bond donors (Lipinski definition) is 2. The van der Waals surface area contributed by atoms with Crippen LogP contribution in [0.5, 0.6) is 0 Å². The average Bonchev–Trinajstić information content (AvgIpc) is 2.59. The number of thioether (sulfide) groups is 1. The van der Waals surface area contributed by atoms with Crippen LogP contribution in [0.15, 0.2) is 41.5 Å². The summed E-state index contributed by atoms with van der Waals surface area (Å²) in [5, 5.41) is 7.87. The molecule has 0 amide bonds. The predicted molar refractivity (Wildman–Crippen MR) is 102 cm³/mol. The van der Waals surface area contributed by atoms with Crippen LogP contribution in [0.3, 0.4) is 0 Å². The van der Waals surface area contributed by atoms with Gasteiger partial charge in [-0.25, -0.2) is 4.99 Å². The van der Waals surface area contributed by atoms with E-state index in [0.717, 1.165) is 35.5 Å². The molecule has 0 unspecified atom stereocenters. The fourth-order valence-corrected chi connectivity index (χ4v) is 2.87. The van der Waals surface area contributed by atoms with Crippen molar-refractivity contribution in [3.63, 3.8) is 0 Å². The molecular formula is C18H26N4S. The number of nitrogens with zero attached hydrogens (tertiary/aromatic N) is 2. The van der Waals surface area contributed by atoms with Crippen molar-refractivity contribution in [3.05, 3.63) is 42.1 Å². The quantitative estimate of drug-likeness (QED) is 0.442. The largest absolute Gasteiger partial charge is 0.357 e. The minimum absolute atomic E-state index is 0.633. The van der Waals surface area contributed by atoms with Crippen LogP contribution in [0.25, 0.3) is 10.9 Å². The fourth-order valence-electron chi connectivity index (χ4n) is 2.38. The Morgan fingerprint density at radius 3 is 2.87 bits per heavy atom. The third kappa shape index (κ3) is 5.75. The molecule has 23 heavy (non-hydrogen) atoms. The highest BCUT2D eigenvalue weighted by Gasteiger charge is 2.02. The first-order valence-electron chi connectivity index (χ1n) is 8.19. The highest BCUT2D eigenvalue weighted by molar-refractivity contribution is 7.98. The normalized spacial score (nSPS) is 11.7. The Labute approximate surface area is 143 Å². The van der Waals surface area contributed by atoms with Crippen molar-refractivity contribution >= 4 is 28.6 Å². The molecule has 2 N–H and O–H groups in total. The molecule has 2 rings (SSSR count). The van der Waals surface area contributed by atoms with Crippen molar-refractivity contribution in [1.29, 1.82) is 0 Å². The second-order valence-corrected chi connectivity index (χ2v) is 6.30. The zero-order valence-electron chi connectivity index (χ0n) is 14.0. The number of guanidine groups is 1. The van der Waals surface area contributed by atoms with Crippen LogP contribution in [-0.2, 0) is 6.54 Å². The lowest BCUT2D eigenvalue weighted by Crippen LogP contribution is -2.37. The number of hydrogen-bond acceptors (Lipinski definition) is 3. The van der Waals surface area contributed by atoms with Gasteiger partial charge < -0.3 is 10.6 Å². The summed E-state index contributed by atoms with van der Waals surface area (Å²) in [5.74, 6) is 2.10. The molecule has 0 fully saturated rings. The summed E-state index contributed by atoms with van der Waals surface area (Å²) >= 11 is 1.90. The van der Waals surface area contributed by atoms with Crippen molar-refractivity contribution in [2.75, 3.05) is 25.1 Å². The van der Waals surface area contributed by atoms with Gasteiger partial charge in [0.1, 0.15) is 0 Å². The lowest BCUT2D eigenvalue weighted by Gasteiger charge is -2.11. The van der Waals surface area contributed by atoms with Gasteiger partial charge in [0, 0.05) is 24.7 Å². The van der Waals surface area contributed by atoms with Crippen LogP contribution < -0.4 is 10.6 Å². The van der Waals surface area contributed by atoms with E-state index in [0.29, 0.717) is 6.54 Å². The van der Waals surface area contributed by atoms with E-state index < -0.39 is 0 Å². The Morgan fingerprint density at radius 2 is 2.04 bits per heavy atom. The molecule has 0 saturated heterocycles. The van der Waals surface area contributed by atoms with Crippen LogP contribution in [0.2, 0.25) is 0 Å². The summed E-state index contributed by atoms with van der Waals surface area (Å²) in [4.78, 5) is 9.19. The molecule has 0 radical (unpaired) electrons. The maximum Gasteiger partial charge on any atom is 0.191 e. The summed E-state index contributed by atoms with van der Waals surface area (Å²) in [6.45, 7) is 4.55. The Morgan fingerprint density at radius 1 is 1.17 bits per heavy atom. The third-order valence-electron chi connectivity index (χ3n) is 3.54. The van der Waals surface area contributed by atoms with Gasteiger partial charge in [-0.05, 0) is 43.4 Å². The monoisotopic (exact) mass is 330 g/mol. The lowest BCUT2D eigenvalue weighted by molar-refractivity contribution is 0.734. The lowest BCUT2D eigenvalue weighted by atomic mass is 10.1. The second kappa shape index (κ2) is 10.1. The van der Waals surface area contributed by atoms with Crippen molar-refractivity contribution in [1.82, 2.24) is 15.6 Å². The van der Waals surface area contributed by atoms with E-state index in [9.17, 15) is 0 Å². The molecule has 124 valence electrons. The molecule has 0 aliphatic heterocycles. The summed E-state index contributed by atoms with van der Waals surface area (Å²) in [7, 11) is 0. The Kier molecular flexibility index (Phi) is 7.73. The molecule has 0 spiro atoms. The summed E-state index contributed by atoms with van der Waals surface area (Å²) < 4.78 is 0. The summed E-state index contributed by atoms with van der Waals surface area (Å²) in [6, 6.07) is 10.3.